The van der Waals surface area contributed by atoms with Crippen molar-refractivity contribution in [2.24, 2.45) is 0 Å². The van der Waals surface area contributed by atoms with Gasteiger partial charge in [-0.2, -0.15) is 0 Å². The van der Waals surface area contributed by atoms with E-state index >= 15 is 0 Å². The molecule has 10 nitrogen and oxygen atoms in total. The topological polar surface area (TPSA) is 131 Å². The summed E-state index contributed by atoms with van der Waals surface area (Å²) in [6.45, 7) is 3.07. The predicted octanol–water partition coefficient (Wildman–Crippen LogP) is 2.20. The number of ether oxygens (including phenoxy) is 2. The molecule has 1 heterocycles. The number of nitrogens with one attached hydrogen (secondary N) is 2. The van der Waals surface area contributed by atoms with Crippen LogP contribution in [0.2, 0.25) is 5.02 Å². The van der Waals surface area contributed by atoms with Crippen LogP contribution >= 0.6 is 11.6 Å². The van der Waals surface area contributed by atoms with Gasteiger partial charge in [-0.1, -0.05) is 11.6 Å². The Morgan fingerprint density at radius 3 is 2.48 bits per heavy atom. The normalized spacial score (nSPS) is 16.2. The van der Waals surface area contributed by atoms with Gasteiger partial charge in [0.05, 0.1) is 36.2 Å². The quantitative estimate of drug-likeness (QED) is 0.575. The smallest absolute Gasteiger partial charge is 0.267 e. The summed E-state index contributed by atoms with van der Waals surface area (Å²) in [6.07, 6.45) is -0.205. The van der Waals surface area contributed by atoms with Crippen molar-refractivity contribution in [3.8, 4) is 11.5 Å². The Hall–Kier alpha value is -2.54. The summed E-state index contributed by atoms with van der Waals surface area (Å²) in [5.74, 6) is -0.302. The first-order valence-corrected chi connectivity index (χ1v) is 13.5. The maximum atomic E-state index is 13.0. The molecular formula is C20H24ClN3O7S2. The van der Waals surface area contributed by atoms with Crippen LogP contribution in [0.5, 0.6) is 11.5 Å². The lowest BCUT2D eigenvalue weighted by Crippen LogP contribution is -2.48. The fraction of sp³-hybridized carbons (Fsp3) is 0.350. The van der Waals surface area contributed by atoms with E-state index in [2.05, 4.69) is 10.0 Å². The maximum Gasteiger partial charge on any atom is 0.267 e. The minimum absolute atomic E-state index is 0.0744. The molecule has 33 heavy (non-hydrogen) atoms. The van der Waals surface area contributed by atoms with E-state index in [1.54, 1.807) is 13.8 Å². The molecule has 1 amide bonds. The average Bonchev–Trinajstić information content (AvgIpc) is 2.71. The highest BCUT2D eigenvalue weighted by atomic mass is 35.5. The number of carbonyl (C=O) groups excluding carboxylic acids is 1. The van der Waals surface area contributed by atoms with E-state index in [9.17, 15) is 21.6 Å². The number of nitrogens with zero attached hydrogens (tertiary/aromatic N) is 1. The van der Waals surface area contributed by atoms with E-state index in [1.165, 1.54) is 43.5 Å². The van der Waals surface area contributed by atoms with E-state index < -0.39 is 32.1 Å². The molecule has 0 fully saturated rings. The largest absolute Gasteiger partial charge is 0.495 e. The number of anilines is 2. The van der Waals surface area contributed by atoms with Crippen molar-refractivity contribution in [2.75, 3.05) is 29.5 Å². The van der Waals surface area contributed by atoms with Crippen molar-refractivity contribution < 1.29 is 31.1 Å². The first-order valence-electron chi connectivity index (χ1n) is 9.77. The number of benzene rings is 2. The van der Waals surface area contributed by atoms with Crippen LogP contribution in [-0.4, -0.2) is 54.8 Å². The van der Waals surface area contributed by atoms with Gasteiger partial charge in [0.2, 0.25) is 20.0 Å². The third kappa shape index (κ3) is 5.69. The van der Waals surface area contributed by atoms with Gasteiger partial charge in [-0.15, -0.1) is 0 Å². The first kappa shape index (κ1) is 25.1. The fourth-order valence-corrected chi connectivity index (χ4v) is 5.57. The van der Waals surface area contributed by atoms with Crippen molar-refractivity contribution >= 4 is 48.9 Å². The molecule has 0 saturated carbocycles. The van der Waals surface area contributed by atoms with Crippen molar-refractivity contribution in [2.45, 2.75) is 30.9 Å². The standard InChI is InChI=1S/C20H24ClN3O7S2/c1-12(2)23-33(28,29)14-6-8-17(30-3)15(10-14)22-20(25)19-11-24(32(4,26)27)16-9-13(21)5-7-18(16)31-19/h5-10,12,19,23H,11H2,1-4H3,(H,22,25)/t19-/m0/s1. The molecule has 0 bridgehead atoms. The second kappa shape index (κ2) is 9.37. The van der Waals surface area contributed by atoms with Crippen molar-refractivity contribution in [3.63, 3.8) is 0 Å². The molecule has 2 aromatic rings. The van der Waals surface area contributed by atoms with Crippen LogP contribution in [0, 0.1) is 0 Å². The van der Waals surface area contributed by atoms with E-state index in [0.717, 1.165) is 10.6 Å². The highest BCUT2D eigenvalue weighted by Crippen LogP contribution is 2.37. The van der Waals surface area contributed by atoms with Gasteiger partial charge in [-0.25, -0.2) is 21.6 Å². The van der Waals surface area contributed by atoms with Gasteiger partial charge in [0.15, 0.2) is 6.10 Å². The summed E-state index contributed by atoms with van der Waals surface area (Å²) >= 11 is 5.99. The maximum absolute atomic E-state index is 13.0. The number of halogens is 1. The lowest BCUT2D eigenvalue weighted by Gasteiger charge is -2.34. The van der Waals surface area contributed by atoms with Gasteiger partial charge in [0.25, 0.3) is 5.91 Å². The average molecular weight is 518 g/mol. The zero-order valence-electron chi connectivity index (χ0n) is 18.3. The molecule has 0 spiro atoms. The van der Waals surface area contributed by atoms with Crippen LogP contribution in [0.25, 0.3) is 0 Å². The molecule has 1 aliphatic rings. The Balaban J connectivity index is 1.92. The lowest BCUT2D eigenvalue weighted by molar-refractivity contribution is -0.122. The summed E-state index contributed by atoms with van der Waals surface area (Å²) in [5.41, 5.74) is 0.310. The number of methoxy groups -OCH3 is 1. The highest BCUT2D eigenvalue weighted by Gasteiger charge is 2.35. The van der Waals surface area contributed by atoms with Gasteiger partial charge in [0, 0.05) is 11.1 Å². The molecule has 0 unspecified atom stereocenters. The Bertz CT molecular complexity index is 1280. The highest BCUT2D eigenvalue weighted by molar-refractivity contribution is 7.92. The molecule has 2 aromatic carbocycles. The second-order valence-electron chi connectivity index (χ2n) is 7.64. The molecular weight excluding hydrogens is 494 g/mol. The van der Waals surface area contributed by atoms with Gasteiger partial charge >= 0.3 is 0 Å². The van der Waals surface area contributed by atoms with Crippen LogP contribution in [0.3, 0.4) is 0 Å². The molecule has 180 valence electrons. The number of hydrogen-bond donors (Lipinski definition) is 2. The van der Waals surface area contributed by atoms with Gasteiger partial charge < -0.3 is 14.8 Å². The van der Waals surface area contributed by atoms with Gasteiger partial charge in [0.1, 0.15) is 11.5 Å². The summed E-state index contributed by atoms with van der Waals surface area (Å²) in [7, 11) is -6.20. The zero-order chi connectivity index (χ0) is 24.6. The minimum Gasteiger partial charge on any atom is -0.495 e. The SMILES string of the molecule is COc1ccc(S(=O)(=O)NC(C)C)cc1NC(=O)[C@@H]1CN(S(C)(=O)=O)c2cc(Cl)ccc2O1. The second-order valence-corrected chi connectivity index (χ2v) is 11.7. The summed E-state index contributed by atoms with van der Waals surface area (Å²) in [4.78, 5) is 12.9. The monoisotopic (exact) mass is 517 g/mol. The molecule has 3 rings (SSSR count). The Morgan fingerprint density at radius 2 is 1.88 bits per heavy atom. The number of rotatable bonds is 7. The number of hydrogen-bond acceptors (Lipinski definition) is 7. The summed E-state index contributed by atoms with van der Waals surface area (Å²) in [5, 5.41) is 2.89. The number of sulfonamides is 2. The lowest BCUT2D eigenvalue weighted by atomic mass is 10.2. The number of amides is 1. The van der Waals surface area contributed by atoms with Crippen LogP contribution < -0.4 is 23.8 Å². The molecule has 0 saturated heterocycles. The molecule has 2 N–H and O–H groups in total. The summed E-state index contributed by atoms with van der Waals surface area (Å²) < 4.78 is 64.2. The predicted molar refractivity (Wildman–Crippen MR) is 125 cm³/mol. The molecule has 13 heteroatoms. The summed E-state index contributed by atoms with van der Waals surface area (Å²) in [6, 6.07) is 8.10. The minimum atomic E-state index is -3.83. The van der Waals surface area contributed by atoms with E-state index in [4.69, 9.17) is 21.1 Å². The van der Waals surface area contributed by atoms with E-state index in [1.807, 2.05) is 0 Å². The Kier molecular flexibility index (Phi) is 7.13. The van der Waals surface area contributed by atoms with Crippen molar-refractivity contribution in [1.29, 1.82) is 0 Å². The molecule has 1 aliphatic heterocycles. The van der Waals surface area contributed by atoms with Crippen LogP contribution in [0.1, 0.15) is 13.8 Å². The van der Waals surface area contributed by atoms with Crippen LogP contribution in [0.15, 0.2) is 41.3 Å². The van der Waals surface area contributed by atoms with Crippen molar-refractivity contribution in [1.82, 2.24) is 4.72 Å². The zero-order valence-corrected chi connectivity index (χ0v) is 20.7. The Labute approximate surface area is 197 Å². The first-order chi connectivity index (χ1) is 15.3. The third-order valence-corrected chi connectivity index (χ3v) is 7.65. The van der Waals surface area contributed by atoms with Gasteiger partial charge in [-0.05, 0) is 50.2 Å². The van der Waals surface area contributed by atoms with E-state index in [0.29, 0.717) is 5.02 Å². The third-order valence-electron chi connectivity index (χ3n) is 4.61. The molecule has 0 radical (unpaired) electrons. The molecule has 1 atom stereocenters. The van der Waals surface area contributed by atoms with Crippen molar-refractivity contribution in [3.05, 3.63) is 41.4 Å². The van der Waals surface area contributed by atoms with Gasteiger partial charge in [-0.3, -0.25) is 9.10 Å². The molecule has 0 aromatic heterocycles. The Morgan fingerprint density at radius 1 is 1.18 bits per heavy atom. The number of fused-ring (bicyclic) bond motifs is 1. The molecule has 0 aliphatic carbocycles. The number of carbonyl (C=O) groups is 1. The van der Waals surface area contributed by atoms with Crippen LogP contribution in [-0.2, 0) is 24.8 Å². The fourth-order valence-electron chi connectivity index (χ4n) is 3.22. The van der Waals surface area contributed by atoms with E-state index in [-0.39, 0.29) is 40.4 Å². The van der Waals surface area contributed by atoms with Crippen LogP contribution in [0.4, 0.5) is 11.4 Å².